The molecular weight excluding hydrogens is 406 g/mol. The number of benzene rings is 2. The van der Waals surface area contributed by atoms with E-state index in [1.54, 1.807) is 42.5 Å². The van der Waals surface area contributed by atoms with Crippen LogP contribution in [0.2, 0.25) is 0 Å². The van der Waals surface area contributed by atoms with Gasteiger partial charge in [0.1, 0.15) is 0 Å². The molecule has 0 aliphatic carbocycles. The molecule has 0 spiro atoms. The molecule has 30 heavy (non-hydrogen) atoms. The quantitative estimate of drug-likeness (QED) is 0.694. The number of sulfonamides is 1. The molecule has 2 aromatic carbocycles. The number of methoxy groups -OCH3 is 1. The summed E-state index contributed by atoms with van der Waals surface area (Å²) in [5, 5.41) is 2.77. The van der Waals surface area contributed by atoms with Crippen LogP contribution < -0.4 is 5.32 Å². The van der Waals surface area contributed by atoms with E-state index in [4.69, 9.17) is 0 Å². The highest BCUT2D eigenvalue weighted by atomic mass is 32.2. The molecule has 160 valence electrons. The van der Waals surface area contributed by atoms with Crippen LogP contribution in [0.1, 0.15) is 26.3 Å². The van der Waals surface area contributed by atoms with Gasteiger partial charge in [-0.2, -0.15) is 4.31 Å². The second-order valence-corrected chi connectivity index (χ2v) is 9.04. The Morgan fingerprint density at radius 3 is 2.27 bits per heavy atom. The lowest BCUT2D eigenvalue weighted by Gasteiger charge is -2.31. The Balaban J connectivity index is 1.62. The lowest BCUT2D eigenvalue weighted by atomic mass is 10.1. The SMILES string of the molecule is COC(=O)c1cccc(C(=O)NCc2ccc(S(=O)(=O)N3CCN(C)CC3)cc2)c1. The fraction of sp³-hybridized carbons (Fsp3) is 0.333. The minimum Gasteiger partial charge on any atom is -0.465 e. The lowest BCUT2D eigenvalue weighted by molar-refractivity contribution is 0.0600. The van der Waals surface area contributed by atoms with E-state index < -0.39 is 16.0 Å². The van der Waals surface area contributed by atoms with Crippen LogP contribution >= 0.6 is 0 Å². The van der Waals surface area contributed by atoms with Gasteiger partial charge in [-0.15, -0.1) is 0 Å². The van der Waals surface area contributed by atoms with Gasteiger partial charge in [0.2, 0.25) is 10.0 Å². The fourth-order valence-corrected chi connectivity index (χ4v) is 4.57. The van der Waals surface area contributed by atoms with E-state index in [1.165, 1.54) is 17.5 Å². The molecule has 2 aromatic rings. The molecule has 1 saturated heterocycles. The molecule has 1 aliphatic rings. The van der Waals surface area contributed by atoms with Crippen LogP contribution in [-0.4, -0.2) is 69.8 Å². The third-order valence-electron chi connectivity index (χ3n) is 5.02. The van der Waals surface area contributed by atoms with Gasteiger partial charge >= 0.3 is 5.97 Å². The number of hydrogen-bond donors (Lipinski definition) is 1. The van der Waals surface area contributed by atoms with Crippen LogP contribution in [0.25, 0.3) is 0 Å². The summed E-state index contributed by atoms with van der Waals surface area (Å²) in [5.74, 6) is -0.850. The van der Waals surface area contributed by atoms with Crippen LogP contribution in [0.15, 0.2) is 53.4 Å². The molecule has 0 atom stereocenters. The molecule has 0 saturated carbocycles. The van der Waals surface area contributed by atoms with Crippen molar-refractivity contribution in [2.45, 2.75) is 11.4 Å². The van der Waals surface area contributed by atoms with Crippen molar-refractivity contribution in [2.24, 2.45) is 0 Å². The molecule has 1 aliphatic heterocycles. The number of nitrogens with zero attached hydrogens (tertiary/aromatic N) is 2. The smallest absolute Gasteiger partial charge is 0.337 e. The van der Waals surface area contributed by atoms with Crippen molar-refractivity contribution >= 4 is 21.9 Å². The van der Waals surface area contributed by atoms with E-state index in [9.17, 15) is 18.0 Å². The summed E-state index contributed by atoms with van der Waals surface area (Å²) in [4.78, 5) is 26.3. The first kappa shape index (κ1) is 21.9. The Kier molecular flexibility index (Phi) is 6.86. The van der Waals surface area contributed by atoms with Gasteiger partial charge in [0, 0.05) is 38.3 Å². The molecule has 3 rings (SSSR count). The number of piperazine rings is 1. The molecule has 1 heterocycles. The second kappa shape index (κ2) is 9.38. The first-order valence-corrected chi connectivity index (χ1v) is 11.0. The number of rotatable bonds is 6. The molecule has 1 N–H and O–H groups in total. The number of carbonyl (C=O) groups excluding carboxylic acids is 2. The maximum absolute atomic E-state index is 12.8. The minimum absolute atomic E-state index is 0.232. The summed E-state index contributed by atoms with van der Waals surface area (Å²) in [6, 6.07) is 12.8. The molecular formula is C21H25N3O5S. The van der Waals surface area contributed by atoms with E-state index in [0.29, 0.717) is 37.3 Å². The Hall–Kier alpha value is -2.75. The van der Waals surface area contributed by atoms with Crippen LogP contribution in [0.4, 0.5) is 0 Å². The highest BCUT2D eigenvalue weighted by molar-refractivity contribution is 7.89. The number of nitrogens with one attached hydrogen (secondary N) is 1. The third-order valence-corrected chi connectivity index (χ3v) is 6.94. The Morgan fingerprint density at radius 2 is 1.63 bits per heavy atom. The van der Waals surface area contributed by atoms with Crippen LogP contribution in [0, 0.1) is 0 Å². The van der Waals surface area contributed by atoms with Crippen molar-refractivity contribution in [3.05, 3.63) is 65.2 Å². The first-order chi connectivity index (χ1) is 14.3. The predicted molar refractivity (Wildman–Crippen MR) is 112 cm³/mol. The van der Waals surface area contributed by atoms with Gasteiger partial charge in [0.15, 0.2) is 0 Å². The molecule has 0 radical (unpaired) electrons. The third kappa shape index (κ3) is 5.05. The van der Waals surface area contributed by atoms with Gasteiger partial charge in [0.05, 0.1) is 17.6 Å². The standard InChI is InChI=1S/C21H25N3O5S/c1-23-10-12-24(13-11-23)30(27,28)19-8-6-16(7-9-19)15-22-20(25)17-4-3-5-18(14-17)21(26)29-2/h3-9,14H,10-13,15H2,1-2H3,(H,22,25). The van der Waals surface area contributed by atoms with Crippen molar-refractivity contribution in [2.75, 3.05) is 40.3 Å². The molecule has 0 aromatic heterocycles. The van der Waals surface area contributed by atoms with Gasteiger partial charge < -0.3 is 15.0 Å². The summed E-state index contributed by atoms with van der Waals surface area (Å²) in [5.41, 5.74) is 1.40. The topological polar surface area (TPSA) is 96.0 Å². The highest BCUT2D eigenvalue weighted by Gasteiger charge is 2.27. The number of likely N-dealkylation sites (N-methyl/N-ethyl adjacent to an activating group) is 1. The number of esters is 1. The molecule has 0 bridgehead atoms. The van der Waals surface area contributed by atoms with Gasteiger partial charge in [0.25, 0.3) is 5.91 Å². The average Bonchev–Trinajstić information content (AvgIpc) is 2.77. The van der Waals surface area contributed by atoms with E-state index in [-0.39, 0.29) is 17.3 Å². The zero-order chi connectivity index (χ0) is 21.7. The second-order valence-electron chi connectivity index (χ2n) is 7.11. The predicted octanol–water partition coefficient (Wildman–Crippen LogP) is 1.34. The molecule has 1 amide bonds. The summed E-state index contributed by atoms with van der Waals surface area (Å²) in [6.45, 7) is 2.60. The van der Waals surface area contributed by atoms with Gasteiger partial charge in [-0.1, -0.05) is 18.2 Å². The van der Waals surface area contributed by atoms with Crippen LogP contribution in [0.5, 0.6) is 0 Å². The van der Waals surface area contributed by atoms with E-state index in [2.05, 4.69) is 15.0 Å². The molecule has 8 nitrogen and oxygen atoms in total. The average molecular weight is 432 g/mol. The molecule has 0 unspecified atom stereocenters. The van der Waals surface area contributed by atoms with E-state index in [1.807, 2.05) is 7.05 Å². The van der Waals surface area contributed by atoms with Gasteiger partial charge in [-0.25, -0.2) is 13.2 Å². The Bertz CT molecular complexity index is 1010. The summed E-state index contributed by atoms with van der Waals surface area (Å²) in [7, 11) is -0.265. The number of hydrogen-bond acceptors (Lipinski definition) is 6. The van der Waals surface area contributed by atoms with Crippen molar-refractivity contribution in [3.63, 3.8) is 0 Å². The van der Waals surface area contributed by atoms with E-state index >= 15 is 0 Å². The first-order valence-electron chi connectivity index (χ1n) is 9.55. The molecule has 1 fully saturated rings. The number of amides is 1. The molecule has 9 heteroatoms. The minimum atomic E-state index is -3.52. The number of ether oxygens (including phenoxy) is 1. The maximum Gasteiger partial charge on any atom is 0.337 e. The number of carbonyl (C=O) groups is 2. The van der Waals surface area contributed by atoms with Crippen molar-refractivity contribution in [3.8, 4) is 0 Å². The Morgan fingerprint density at radius 1 is 1.00 bits per heavy atom. The van der Waals surface area contributed by atoms with Crippen molar-refractivity contribution in [1.29, 1.82) is 0 Å². The Labute approximate surface area is 176 Å². The lowest BCUT2D eigenvalue weighted by Crippen LogP contribution is -2.47. The normalized spacial score (nSPS) is 15.5. The maximum atomic E-state index is 12.8. The van der Waals surface area contributed by atoms with Crippen LogP contribution in [-0.2, 0) is 21.3 Å². The fourth-order valence-electron chi connectivity index (χ4n) is 3.15. The van der Waals surface area contributed by atoms with Crippen molar-refractivity contribution < 1.29 is 22.7 Å². The van der Waals surface area contributed by atoms with Gasteiger partial charge in [-0.05, 0) is 42.9 Å². The van der Waals surface area contributed by atoms with Crippen molar-refractivity contribution in [1.82, 2.24) is 14.5 Å². The largest absolute Gasteiger partial charge is 0.465 e. The van der Waals surface area contributed by atoms with Gasteiger partial charge in [-0.3, -0.25) is 4.79 Å². The monoisotopic (exact) mass is 431 g/mol. The summed E-state index contributed by atoms with van der Waals surface area (Å²) < 4.78 is 31.7. The zero-order valence-electron chi connectivity index (χ0n) is 17.0. The summed E-state index contributed by atoms with van der Waals surface area (Å²) >= 11 is 0. The summed E-state index contributed by atoms with van der Waals surface area (Å²) in [6.07, 6.45) is 0. The van der Waals surface area contributed by atoms with E-state index in [0.717, 1.165) is 5.56 Å². The highest BCUT2D eigenvalue weighted by Crippen LogP contribution is 2.18. The van der Waals surface area contributed by atoms with Crippen LogP contribution in [0.3, 0.4) is 0 Å². The zero-order valence-corrected chi connectivity index (χ0v) is 17.8.